The lowest BCUT2D eigenvalue weighted by Crippen LogP contribution is -2.46. The van der Waals surface area contributed by atoms with Crippen LogP contribution in [0.15, 0.2) is 55.3 Å². The zero-order valence-corrected chi connectivity index (χ0v) is 17.7. The van der Waals surface area contributed by atoms with Crippen LogP contribution in [0.25, 0.3) is 10.9 Å². The molecule has 0 saturated carbocycles. The predicted octanol–water partition coefficient (Wildman–Crippen LogP) is 4.94. The van der Waals surface area contributed by atoms with E-state index in [1.165, 1.54) is 19.1 Å². The Labute approximate surface area is 180 Å². The molecule has 1 unspecified atom stereocenters. The van der Waals surface area contributed by atoms with Gasteiger partial charge in [-0.15, -0.1) is 6.58 Å². The molecule has 0 N–H and O–H groups in total. The molecule has 1 aliphatic heterocycles. The van der Waals surface area contributed by atoms with Crippen LogP contribution in [-0.2, 0) is 21.8 Å². The van der Waals surface area contributed by atoms with Crippen molar-refractivity contribution in [2.24, 2.45) is 0 Å². The molecule has 1 aromatic heterocycles. The number of ether oxygens (including phenoxy) is 1. The van der Waals surface area contributed by atoms with E-state index in [1.54, 1.807) is 29.3 Å². The first-order valence-corrected chi connectivity index (χ1v) is 10.1. The van der Waals surface area contributed by atoms with Gasteiger partial charge in [0.05, 0.1) is 17.6 Å². The zero-order valence-electron chi connectivity index (χ0n) is 17.7. The lowest BCUT2D eigenvalue weighted by Gasteiger charge is -2.38. The predicted molar refractivity (Wildman–Crippen MR) is 116 cm³/mol. The molecule has 1 atom stereocenters. The number of pyridine rings is 1. The van der Waals surface area contributed by atoms with Gasteiger partial charge in [0.15, 0.2) is 0 Å². The van der Waals surface area contributed by atoms with Crippen LogP contribution in [0.3, 0.4) is 0 Å². The van der Waals surface area contributed by atoms with Crippen LogP contribution in [0.2, 0.25) is 0 Å². The second kappa shape index (κ2) is 7.61. The highest BCUT2D eigenvalue weighted by Gasteiger charge is 2.54. The fraction of sp³-hybridized carbons (Fsp3) is 0.240. The Morgan fingerprint density at radius 2 is 1.94 bits per heavy atom. The van der Waals surface area contributed by atoms with Gasteiger partial charge in [-0.3, -0.25) is 19.5 Å². The Kier molecular flexibility index (Phi) is 5.09. The van der Waals surface area contributed by atoms with E-state index in [9.17, 15) is 14.0 Å². The third-order valence-electron chi connectivity index (χ3n) is 5.84. The van der Waals surface area contributed by atoms with Crippen molar-refractivity contribution in [3.63, 3.8) is 0 Å². The number of halogens is 1. The van der Waals surface area contributed by atoms with E-state index in [0.29, 0.717) is 11.1 Å². The van der Waals surface area contributed by atoms with Crippen molar-refractivity contribution < 1.29 is 18.7 Å². The molecule has 1 amide bonds. The number of hydrogen-bond donors (Lipinski definition) is 0. The number of carbonyl (C=O) groups excluding carboxylic acids is 2. The van der Waals surface area contributed by atoms with Gasteiger partial charge < -0.3 is 4.74 Å². The molecule has 0 saturated heterocycles. The molecule has 0 radical (unpaired) electrons. The summed E-state index contributed by atoms with van der Waals surface area (Å²) in [6.07, 6.45) is 3.56. The molecule has 0 spiro atoms. The summed E-state index contributed by atoms with van der Waals surface area (Å²) in [6, 6.07) is 9.73. The van der Waals surface area contributed by atoms with E-state index in [4.69, 9.17) is 4.74 Å². The largest absolute Gasteiger partial charge is 0.434 e. The number of nitrogens with zero attached hydrogens (tertiary/aromatic N) is 2. The molecule has 6 heteroatoms. The van der Waals surface area contributed by atoms with Gasteiger partial charge in [-0.1, -0.05) is 24.3 Å². The standard InChI is InChI=1S/C25H23FN2O3/c1-5-12-25(31-17(4)29)22-15(2)20-7-6-13-27-23(20)16(3)21(22)24(30)28(25)14-18-8-10-19(26)11-9-18/h5-11,13H,1,12,14H2,2-4H3. The van der Waals surface area contributed by atoms with Gasteiger partial charge in [-0.25, -0.2) is 4.39 Å². The van der Waals surface area contributed by atoms with Crippen molar-refractivity contribution in [3.05, 3.63) is 88.9 Å². The number of aryl methyl sites for hydroxylation is 2. The molecular weight excluding hydrogens is 395 g/mol. The van der Waals surface area contributed by atoms with E-state index in [-0.39, 0.29) is 24.7 Å². The molecular formula is C25H23FN2O3. The number of amides is 1. The Balaban J connectivity index is 2.01. The Hall–Kier alpha value is -3.54. The van der Waals surface area contributed by atoms with Crippen LogP contribution in [0, 0.1) is 19.7 Å². The third kappa shape index (κ3) is 3.19. The van der Waals surface area contributed by atoms with Crippen LogP contribution in [0.4, 0.5) is 4.39 Å². The van der Waals surface area contributed by atoms with Gasteiger partial charge in [-0.2, -0.15) is 0 Å². The summed E-state index contributed by atoms with van der Waals surface area (Å²) in [5, 5.41) is 0.899. The van der Waals surface area contributed by atoms with Gasteiger partial charge in [0.2, 0.25) is 5.72 Å². The van der Waals surface area contributed by atoms with Crippen molar-refractivity contribution in [3.8, 4) is 0 Å². The minimum Gasteiger partial charge on any atom is -0.434 e. The van der Waals surface area contributed by atoms with Gasteiger partial charge in [0.25, 0.3) is 5.91 Å². The van der Waals surface area contributed by atoms with Crippen LogP contribution >= 0.6 is 0 Å². The van der Waals surface area contributed by atoms with Crippen molar-refractivity contribution in [1.82, 2.24) is 9.88 Å². The zero-order chi connectivity index (χ0) is 22.3. The molecule has 0 fully saturated rings. The Morgan fingerprint density at radius 3 is 2.58 bits per heavy atom. The van der Waals surface area contributed by atoms with Gasteiger partial charge in [0, 0.05) is 30.5 Å². The number of rotatable bonds is 5. The first-order chi connectivity index (χ1) is 14.8. The van der Waals surface area contributed by atoms with Gasteiger partial charge in [0.1, 0.15) is 5.82 Å². The van der Waals surface area contributed by atoms with Crippen molar-refractivity contribution in [2.75, 3.05) is 0 Å². The quantitative estimate of drug-likeness (QED) is 0.435. The van der Waals surface area contributed by atoms with Crippen molar-refractivity contribution in [1.29, 1.82) is 0 Å². The van der Waals surface area contributed by atoms with Crippen LogP contribution < -0.4 is 0 Å². The number of aromatic nitrogens is 1. The number of carbonyl (C=O) groups is 2. The van der Waals surface area contributed by atoms with Gasteiger partial charge in [-0.05, 0) is 48.7 Å². The lowest BCUT2D eigenvalue weighted by atomic mass is 9.88. The SMILES string of the molecule is C=CCC1(OC(C)=O)c2c(c(C)c3ncccc3c2C)C(=O)N1Cc1ccc(F)cc1. The highest BCUT2D eigenvalue weighted by Crippen LogP contribution is 2.48. The van der Waals surface area contributed by atoms with E-state index >= 15 is 0 Å². The first-order valence-electron chi connectivity index (χ1n) is 10.1. The van der Waals surface area contributed by atoms with Crippen LogP contribution in [-0.4, -0.2) is 21.8 Å². The monoisotopic (exact) mass is 418 g/mol. The summed E-state index contributed by atoms with van der Waals surface area (Å²) < 4.78 is 19.4. The summed E-state index contributed by atoms with van der Waals surface area (Å²) in [6.45, 7) is 9.10. The van der Waals surface area contributed by atoms with E-state index in [2.05, 4.69) is 11.6 Å². The maximum Gasteiger partial charge on any atom is 0.305 e. The fourth-order valence-corrected chi connectivity index (χ4v) is 4.59. The number of benzene rings is 2. The average Bonchev–Trinajstić information content (AvgIpc) is 2.96. The van der Waals surface area contributed by atoms with Crippen molar-refractivity contribution >= 4 is 22.8 Å². The minimum atomic E-state index is -1.34. The van der Waals surface area contributed by atoms with E-state index < -0.39 is 11.7 Å². The summed E-state index contributed by atoms with van der Waals surface area (Å²) >= 11 is 0. The third-order valence-corrected chi connectivity index (χ3v) is 5.84. The molecule has 4 rings (SSSR count). The topological polar surface area (TPSA) is 59.5 Å². The molecule has 31 heavy (non-hydrogen) atoms. The molecule has 2 heterocycles. The Bertz CT molecular complexity index is 1220. The second-order valence-corrected chi connectivity index (χ2v) is 7.79. The maximum atomic E-state index is 13.8. The molecule has 2 aromatic carbocycles. The summed E-state index contributed by atoms with van der Waals surface area (Å²) in [7, 11) is 0. The fourth-order valence-electron chi connectivity index (χ4n) is 4.59. The molecule has 0 aliphatic carbocycles. The van der Waals surface area contributed by atoms with Gasteiger partial charge >= 0.3 is 5.97 Å². The highest BCUT2D eigenvalue weighted by molar-refractivity contribution is 6.07. The summed E-state index contributed by atoms with van der Waals surface area (Å²) in [5.41, 5.74) is 2.85. The van der Waals surface area contributed by atoms with Crippen molar-refractivity contribution in [2.45, 2.75) is 39.5 Å². The first kappa shape index (κ1) is 20.7. The van der Waals surface area contributed by atoms with E-state index in [1.807, 2.05) is 26.0 Å². The smallest absolute Gasteiger partial charge is 0.305 e. The van der Waals surface area contributed by atoms with E-state index in [0.717, 1.165) is 27.6 Å². The molecule has 5 nitrogen and oxygen atoms in total. The maximum absolute atomic E-state index is 13.8. The minimum absolute atomic E-state index is 0.150. The second-order valence-electron chi connectivity index (χ2n) is 7.79. The summed E-state index contributed by atoms with van der Waals surface area (Å²) in [4.78, 5) is 32.0. The number of esters is 1. The van der Waals surface area contributed by atoms with Crippen LogP contribution in [0.1, 0.15) is 46.0 Å². The molecule has 0 bridgehead atoms. The lowest BCUT2D eigenvalue weighted by molar-refractivity contribution is -0.177. The number of fused-ring (bicyclic) bond motifs is 2. The number of hydrogen-bond acceptors (Lipinski definition) is 4. The molecule has 1 aliphatic rings. The average molecular weight is 418 g/mol. The molecule has 3 aromatic rings. The highest BCUT2D eigenvalue weighted by atomic mass is 19.1. The normalized spacial score (nSPS) is 17.7. The Morgan fingerprint density at radius 1 is 1.23 bits per heavy atom. The van der Waals surface area contributed by atoms with Crippen LogP contribution in [0.5, 0.6) is 0 Å². The summed E-state index contributed by atoms with van der Waals surface area (Å²) in [5.74, 6) is -1.12. The molecule has 158 valence electrons.